The molecule has 0 saturated heterocycles. The monoisotopic (exact) mass is 336 g/mol. The van der Waals surface area contributed by atoms with Crippen LogP contribution in [0.2, 0.25) is 4.47 Å². The van der Waals surface area contributed by atoms with Crippen LogP contribution in [0.1, 0.15) is 45.2 Å². The highest BCUT2D eigenvalue weighted by molar-refractivity contribution is 7.91. The second kappa shape index (κ2) is 6.30. The predicted molar refractivity (Wildman–Crippen MR) is 82.8 cm³/mol. The van der Waals surface area contributed by atoms with Crippen LogP contribution in [0.25, 0.3) is 0 Å². The smallest absolute Gasteiger partial charge is 0.229 e. The summed E-state index contributed by atoms with van der Waals surface area (Å²) in [6.45, 7) is 6.35. The van der Waals surface area contributed by atoms with Gasteiger partial charge in [-0.25, -0.2) is 13.4 Å². The summed E-state index contributed by atoms with van der Waals surface area (Å²) < 4.78 is 28.1. The Bertz CT molecular complexity index is 563. The predicted octanol–water partition coefficient (Wildman–Crippen LogP) is 3.69. The molecule has 7 heteroatoms. The minimum atomic E-state index is -3.48. The first-order valence-corrected chi connectivity index (χ1v) is 9.60. The molecule has 0 atom stereocenters. The number of rotatable bonds is 5. The Morgan fingerprint density at radius 3 is 2.45 bits per heavy atom. The number of nitrogens with zero attached hydrogens (tertiary/aromatic N) is 2. The number of sulfonamides is 1. The highest BCUT2D eigenvalue weighted by Gasteiger charge is 2.35. The summed E-state index contributed by atoms with van der Waals surface area (Å²) >= 11 is 6.93. The van der Waals surface area contributed by atoms with E-state index < -0.39 is 10.0 Å². The molecule has 114 valence electrons. The van der Waals surface area contributed by atoms with Crippen molar-refractivity contribution in [2.75, 3.05) is 6.54 Å². The molecule has 0 aromatic carbocycles. The summed E-state index contributed by atoms with van der Waals surface area (Å²) in [7, 11) is -3.48. The minimum Gasteiger partial charge on any atom is -0.229 e. The molecule has 0 spiro atoms. The lowest BCUT2D eigenvalue weighted by Gasteiger charge is -2.29. The first-order valence-electron chi connectivity index (χ1n) is 6.97. The molecule has 20 heavy (non-hydrogen) atoms. The Labute approximate surface area is 130 Å². The van der Waals surface area contributed by atoms with Gasteiger partial charge < -0.3 is 0 Å². The highest BCUT2D eigenvalue weighted by atomic mass is 35.5. The van der Waals surface area contributed by atoms with Gasteiger partial charge in [0.15, 0.2) is 8.68 Å². The Morgan fingerprint density at radius 1 is 1.40 bits per heavy atom. The number of thiazole rings is 1. The molecule has 0 aliphatic heterocycles. The molecule has 1 aliphatic rings. The lowest BCUT2D eigenvalue weighted by atomic mass is 10.2. The normalized spacial score (nSPS) is 17.5. The van der Waals surface area contributed by atoms with Crippen molar-refractivity contribution in [2.24, 2.45) is 5.92 Å². The quantitative estimate of drug-likeness (QED) is 0.823. The van der Waals surface area contributed by atoms with Gasteiger partial charge in [-0.2, -0.15) is 4.31 Å². The van der Waals surface area contributed by atoms with Gasteiger partial charge in [-0.3, -0.25) is 0 Å². The summed E-state index contributed by atoms with van der Waals surface area (Å²) in [6, 6.07) is 0.127. The molecule has 0 radical (unpaired) electrons. The van der Waals surface area contributed by atoms with Crippen molar-refractivity contribution < 1.29 is 8.42 Å². The molecule has 0 bridgehead atoms. The lowest BCUT2D eigenvalue weighted by molar-refractivity contribution is 0.293. The maximum absolute atomic E-state index is 12.9. The third kappa shape index (κ3) is 3.35. The number of hydrogen-bond donors (Lipinski definition) is 0. The average Bonchev–Trinajstić information content (AvgIpc) is 2.95. The van der Waals surface area contributed by atoms with E-state index in [0.717, 1.165) is 37.0 Å². The van der Waals surface area contributed by atoms with Crippen molar-refractivity contribution in [3.63, 3.8) is 0 Å². The molecule has 0 unspecified atom stereocenters. The standard InChI is InChI=1S/C13H21ClN2O2S2/c1-9(2)8-16(11-6-4-5-7-11)20(17,18)12-10(3)15-13(14)19-12/h9,11H,4-8H2,1-3H3. The number of hydrogen-bond acceptors (Lipinski definition) is 4. The maximum atomic E-state index is 12.9. The summed E-state index contributed by atoms with van der Waals surface area (Å²) in [5, 5.41) is 0. The first kappa shape index (κ1) is 16.2. The average molecular weight is 337 g/mol. The van der Waals surface area contributed by atoms with Gasteiger partial charge in [0.1, 0.15) is 0 Å². The summed E-state index contributed by atoms with van der Waals surface area (Å²) in [4.78, 5) is 4.04. The van der Waals surface area contributed by atoms with Crippen LogP contribution in [0.5, 0.6) is 0 Å². The van der Waals surface area contributed by atoms with Crippen molar-refractivity contribution in [1.82, 2.24) is 9.29 Å². The van der Waals surface area contributed by atoms with E-state index in [-0.39, 0.29) is 10.5 Å². The van der Waals surface area contributed by atoms with Crippen molar-refractivity contribution in [1.29, 1.82) is 0 Å². The Balaban J connectivity index is 2.37. The van der Waals surface area contributed by atoms with Crippen molar-refractivity contribution in [3.05, 3.63) is 10.2 Å². The van der Waals surface area contributed by atoms with Gasteiger partial charge in [0.05, 0.1) is 5.69 Å². The second-order valence-corrected chi connectivity index (χ2v) is 9.41. The van der Waals surface area contributed by atoms with Gasteiger partial charge in [-0.1, -0.05) is 49.6 Å². The van der Waals surface area contributed by atoms with E-state index >= 15 is 0 Å². The highest BCUT2D eigenvalue weighted by Crippen LogP contribution is 2.34. The van der Waals surface area contributed by atoms with E-state index in [4.69, 9.17) is 11.6 Å². The molecule has 1 aromatic rings. The molecule has 0 N–H and O–H groups in total. The largest absolute Gasteiger partial charge is 0.254 e. The van der Waals surface area contributed by atoms with Crippen molar-refractivity contribution >= 4 is 33.0 Å². The molecular formula is C13H21ClN2O2S2. The van der Waals surface area contributed by atoms with Gasteiger partial charge in [-0.15, -0.1) is 0 Å². The van der Waals surface area contributed by atoms with Crippen LogP contribution in [-0.4, -0.2) is 30.3 Å². The Kier molecular flexibility index (Phi) is 5.10. The zero-order valence-corrected chi connectivity index (χ0v) is 14.5. The SMILES string of the molecule is Cc1nc(Cl)sc1S(=O)(=O)N(CC(C)C)C1CCCC1. The Morgan fingerprint density at radius 2 is 2.00 bits per heavy atom. The molecule has 0 amide bonds. The van der Waals surface area contributed by atoms with E-state index in [1.54, 1.807) is 11.2 Å². The van der Waals surface area contributed by atoms with Gasteiger partial charge in [0.25, 0.3) is 10.0 Å². The zero-order chi connectivity index (χ0) is 14.9. The van der Waals surface area contributed by atoms with Crippen LogP contribution >= 0.6 is 22.9 Å². The fraction of sp³-hybridized carbons (Fsp3) is 0.769. The van der Waals surface area contributed by atoms with Crippen LogP contribution in [0, 0.1) is 12.8 Å². The number of aryl methyl sites for hydroxylation is 1. The summed E-state index contributed by atoms with van der Waals surface area (Å²) in [6.07, 6.45) is 4.13. The van der Waals surface area contributed by atoms with E-state index in [2.05, 4.69) is 4.98 Å². The number of halogens is 1. The maximum Gasteiger partial charge on any atom is 0.254 e. The van der Waals surface area contributed by atoms with Crippen molar-refractivity contribution in [3.8, 4) is 0 Å². The van der Waals surface area contributed by atoms with Crippen molar-refractivity contribution in [2.45, 2.75) is 56.7 Å². The topological polar surface area (TPSA) is 50.3 Å². The molecule has 2 rings (SSSR count). The fourth-order valence-electron chi connectivity index (χ4n) is 2.69. The molecule has 4 nitrogen and oxygen atoms in total. The Hall–Kier alpha value is -0.170. The molecule has 1 heterocycles. The zero-order valence-electron chi connectivity index (χ0n) is 12.1. The van der Waals surface area contributed by atoms with E-state index in [9.17, 15) is 8.42 Å². The minimum absolute atomic E-state index is 0.127. The molecule has 1 aliphatic carbocycles. The lowest BCUT2D eigenvalue weighted by Crippen LogP contribution is -2.41. The third-order valence-electron chi connectivity index (χ3n) is 3.55. The molecule has 1 saturated carbocycles. The molecule has 1 aromatic heterocycles. The van der Waals surface area contributed by atoms with Crippen LogP contribution in [0.4, 0.5) is 0 Å². The second-order valence-electron chi connectivity index (χ2n) is 5.75. The first-order chi connectivity index (χ1) is 9.32. The number of aromatic nitrogens is 1. The molecule has 1 fully saturated rings. The van der Waals surface area contributed by atoms with Gasteiger partial charge in [0, 0.05) is 12.6 Å². The van der Waals surface area contributed by atoms with E-state index in [1.807, 2.05) is 13.8 Å². The van der Waals surface area contributed by atoms with Crippen LogP contribution < -0.4 is 0 Å². The van der Waals surface area contributed by atoms with E-state index in [0.29, 0.717) is 22.4 Å². The molecular weight excluding hydrogens is 316 g/mol. The summed E-state index contributed by atoms with van der Waals surface area (Å²) in [5.74, 6) is 0.300. The van der Waals surface area contributed by atoms with Crippen LogP contribution in [0.15, 0.2) is 4.21 Å². The van der Waals surface area contributed by atoms with Gasteiger partial charge >= 0.3 is 0 Å². The van der Waals surface area contributed by atoms with Crippen LogP contribution in [-0.2, 0) is 10.0 Å². The van der Waals surface area contributed by atoms with Crippen LogP contribution in [0.3, 0.4) is 0 Å². The third-order valence-corrected chi connectivity index (χ3v) is 7.32. The van der Waals surface area contributed by atoms with Gasteiger partial charge in [0.2, 0.25) is 0 Å². The summed E-state index contributed by atoms with van der Waals surface area (Å²) in [5.41, 5.74) is 0.506. The fourth-order valence-corrected chi connectivity index (χ4v) is 6.39. The van der Waals surface area contributed by atoms with E-state index in [1.165, 1.54) is 0 Å². The van der Waals surface area contributed by atoms with Gasteiger partial charge in [-0.05, 0) is 25.7 Å².